The maximum atomic E-state index is 13.5. The molecule has 3 aliphatic rings. The van der Waals surface area contributed by atoms with E-state index in [-0.39, 0.29) is 72.5 Å². The molecular weight excluding hydrogens is 1870 g/mol. The lowest BCUT2D eigenvalue weighted by Gasteiger charge is -2.31. The van der Waals surface area contributed by atoms with Crippen LogP contribution in [0.5, 0.6) is 34.5 Å². The number of ketones is 1. The second-order valence-electron chi connectivity index (χ2n) is 34.2. The fourth-order valence-electron chi connectivity index (χ4n) is 13.7. The number of aliphatic hydroxyl groups excluding tert-OH is 1. The number of esters is 2. The number of methoxy groups -OCH3 is 3. The zero-order valence-corrected chi connectivity index (χ0v) is 86.4. The molecule has 0 radical (unpaired) electrons. The molecule has 0 fully saturated rings. The average Bonchev–Trinajstić information content (AvgIpc) is 1.59. The van der Waals surface area contributed by atoms with Crippen LogP contribution in [0.25, 0.3) is 38.3 Å². The molecule has 136 heavy (non-hydrogen) atoms. The topological polar surface area (TPSA) is 373 Å². The summed E-state index contributed by atoms with van der Waals surface area (Å²) >= 11 is 7.73. The first-order valence-corrected chi connectivity index (χ1v) is 49.8. The molecule has 29 nitrogen and oxygen atoms in total. The number of hydrazine groups is 1. The molecule has 3 amide bonds. The highest BCUT2D eigenvalue weighted by Gasteiger charge is 2.37. The first kappa shape index (κ1) is 110. The first-order valence-electron chi connectivity index (χ1n) is 43.8. The summed E-state index contributed by atoms with van der Waals surface area (Å²) in [4.78, 5) is 75.5. The molecule has 0 saturated heterocycles. The maximum absolute atomic E-state index is 13.5. The van der Waals surface area contributed by atoms with Crippen LogP contribution in [0, 0.1) is 0 Å². The Balaban J connectivity index is 0.000000203. The van der Waals surface area contributed by atoms with E-state index in [4.69, 9.17) is 74.6 Å². The Labute approximate surface area is 821 Å². The number of nitrogens with one attached hydrogen (secondary N) is 1. The van der Waals surface area contributed by atoms with Gasteiger partial charge in [-0.05, 0) is 315 Å². The quantitative estimate of drug-likeness (QED) is 0.00755. The molecule has 12 aromatic rings. The lowest BCUT2D eigenvalue weighted by molar-refractivity contribution is -0.151. The van der Waals surface area contributed by atoms with Gasteiger partial charge in [-0.15, -0.1) is 69.1 Å². The van der Waals surface area contributed by atoms with Gasteiger partial charge in [0, 0.05) is 68.0 Å². The monoisotopic (exact) mass is 1990 g/mol. The number of aromatic nitrogens is 4. The molecule has 15 rings (SSSR count). The van der Waals surface area contributed by atoms with E-state index in [9.17, 15) is 38.4 Å². The minimum atomic E-state index is -3.13. The summed E-state index contributed by atoms with van der Waals surface area (Å²) in [6, 6.07) is 48.8. The molecule has 36 heteroatoms. The van der Waals surface area contributed by atoms with Crippen molar-refractivity contribution in [1.29, 1.82) is 0 Å². The highest BCUT2D eigenvalue weighted by molar-refractivity contribution is 7.74. The zero-order valence-electron chi connectivity index (χ0n) is 80.6. The number of hydrogen-bond donors (Lipinski definition) is 5. The zero-order chi connectivity index (χ0) is 98.8. The number of nitrogens with two attached hydrogens (primary N) is 3. The van der Waals surface area contributed by atoms with E-state index in [1.54, 1.807) is 137 Å². The number of thiophene rings is 5. The molecule has 0 bridgehead atoms. The van der Waals surface area contributed by atoms with Crippen LogP contribution in [0.15, 0.2) is 190 Å². The van der Waals surface area contributed by atoms with Crippen molar-refractivity contribution in [3.05, 3.63) is 240 Å². The van der Waals surface area contributed by atoms with Crippen LogP contribution < -0.4 is 66.8 Å². The summed E-state index contributed by atoms with van der Waals surface area (Å²) in [6.45, 7) is 33.3. The number of benzene rings is 5. The molecule has 8 N–H and O–H groups in total. The number of fused-ring (bicyclic) bond motifs is 7. The Morgan fingerprint density at radius 1 is 0.522 bits per heavy atom. The molecule has 3 aliphatic carbocycles. The molecule has 730 valence electrons. The number of carbonyl (C=O) groups is 6. The Hall–Kier alpha value is -11.7. The van der Waals surface area contributed by atoms with Gasteiger partial charge in [0.05, 0.1) is 69.2 Å². The van der Waals surface area contributed by atoms with Crippen molar-refractivity contribution in [2.24, 2.45) is 17.5 Å². The number of aryl methyl sites for hydroxylation is 3. The summed E-state index contributed by atoms with van der Waals surface area (Å²) in [5.74, 6) is 12.2. The van der Waals surface area contributed by atoms with Gasteiger partial charge in [-0.1, -0.05) is 42.5 Å². The predicted octanol–water partition coefficient (Wildman–Crippen LogP) is 21.8. The molecule has 0 atom stereocenters. The number of carbonyl (C=O) groups excluding carboxylic acids is 6. The highest BCUT2D eigenvalue weighted by atomic mass is 35.5. The molecular formula is C100H124ClN10O19PS5. The van der Waals surface area contributed by atoms with Crippen LogP contribution in [-0.2, 0) is 76.4 Å². The summed E-state index contributed by atoms with van der Waals surface area (Å²) in [5.41, 5.74) is 14.5. The van der Waals surface area contributed by atoms with E-state index >= 15 is 0 Å². The molecule has 0 aliphatic heterocycles. The minimum absolute atomic E-state index is 0. The highest BCUT2D eigenvalue weighted by Crippen LogP contribution is 2.48. The second-order valence-corrected chi connectivity index (χ2v) is 41.3. The number of hydrogen-bond acceptors (Lipinski definition) is 29. The molecule has 0 spiro atoms. The normalized spacial score (nSPS) is 12.1. The van der Waals surface area contributed by atoms with Crippen LogP contribution in [0.2, 0.25) is 0 Å². The number of halogens is 1. The van der Waals surface area contributed by atoms with Gasteiger partial charge >= 0.3 is 24.1 Å². The SMILES string of the molecule is CC(C)(C)OC(=O)N(N)c1cccs1.CC(C)(C)OC(=O)Nc1cccs1.CCOC(=O)C(=O)C1=C(O)c2cc(OC(C)C)c(OC)cc2CC1.CCOC(=O)c1nn(-c2cccs2)c2c1CCc1cc(OC)c(OC(C)C)cc1-2.COc1cc2c(cc1OC(C)C)-c1c(c(C(=O)N(C)C(C)(C)C)nn1-c1cccs1)CC2.Cl.NCc1cccs1.NOP(=O)(c1ccccc1)c1ccccc1. The fraction of sp³-hybridized carbons (Fsp3) is 0.360. The number of aliphatic hydroxyl groups is 1. The average molecular weight is 2000 g/mol. The number of anilines is 2. The van der Waals surface area contributed by atoms with Crippen molar-refractivity contribution in [3.8, 4) is 67.0 Å². The Bertz CT molecular complexity index is 5940. The van der Waals surface area contributed by atoms with Gasteiger partial charge in [-0.2, -0.15) is 10.2 Å². The number of Topliss-reactive ketones (excluding diaryl/α,β-unsaturated/α-hetero) is 1. The lowest BCUT2D eigenvalue weighted by atomic mass is 9.88. The maximum Gasteiger partial charge on any atom is 0.430 e. The second kappa shape index (κ2) is 50.4. The van der Waals surface area contributed by atoms with Crippen LogP contribution in [0.4, 0.5) is 19.6 Å². The van der Waals surface area contributed by atoms with Crippen molar-refractivity contribution < 1.29 is 90.4 Å². The van der Waals surface area contributed by atoms with Gasteiger partial charge in [-0.25, -0.2) is 49.9 Å². The van der Waals surface area contributed by atoms with E-state index < -0.39 is 42.5 Å². The fourth-order valence-corrected chi connectivity index (χ4v) is 18.6. The van der Waals surface area contributed by atoms with E-state index in [0.717, 1.165) is 96.2 Å². The van der Waals surface area contributed by atoms with E-state index in [2.05, 4.69) is 16.5 Å². The lowest BCUT2D eigenvalue weighted by Crippen LogP contribution is -2.43. The van der Waals surface area contributed by atoms with Crippen molar-refractivity contribution in [1.82, 2.24) is 24.5 Å². The summed E-state index contributed by atoms with van der Waals surface area (Å²) in [7, 11) is 3.58. The number of rotatable bonds is 23. The molecule has 0 saturated carbocycles. The van der Waals surface area contributed by atoms with Crippen molar-refractivity contribution in [3.63, 3.8) is 0 Å². The van der Waals surface area contributed by atoms with Crippen molar-refractivity contribution >= 4 is 139 Å². The number of amides is 3. The Morgan fingerprint density at radius 2 is 0.949 bits per heavy atom. The largest absolute Gasteiger partial charge is 0.507 e. The van der Waals surface area contributed by atoms with E-state index in [1.165, 1.54) is 33.1 Å². The molecule has 7 aromatic heterocycles. The Morgan fingerprint density at radius 3 is 1.34 bits per heavy atom. The van der Waals surface area contributed by atoms with Gasteiger partial charge in [0.2, 0.25) is 0 Å². The summed E-state index contributed by atoms with van der Waals surface area (Å²) in [5, 5.41) is 38.1. The van der Waals surface area contributed by atoms with Crippen LogP contribution in [-0.4, -0.2) is 142 Å². The van der Waals surface area contributed by atoms with E-state index in [0.29, 0.717) is 80.9 Å². The Kier molecular flexibility index (Phi) is 40.7. The number of nitrogens with zero attached hydrogens (tertiary/aromatic N) is 6. The van der Waals surface area contributed by atoms with E-state index in [1.807, 2.05) is 236 Å². The van der Waals surface area contributed by atoms with Crippen LogP contribution in [0.3, 0.4) is 0 Å². The third-order valence-electron chi connectivity index (χ3n) is 20.0. The predicted molar refractivity (Wildman–Crippen MR) is 545 cm³/mol. The third kappa shape index (κ3) is 29.4. The standard InChI is InChI=1S/C25H31N3O3S.C22H24N2O4S.C18H22O6.C12H12NO2P.C9H14N2O2S.C9H13NO2S.C5H7NS.ClH/c1-15(2)31-20-14-18-16(13-19(20)30-7)10-11-17-22(24(29)27(6)25(3,4)5)26-28(23(17)18)21-9-8-12-32-21;1-5-27-22(25)20-15-9-8-14-11-17(26-4)18(28-13(2)3)12-16(14)21(15)24(23-20)19-7-6-10-29-19;1-5-23-18(21)17(20)12-7-6-11-8-14(22-4)15(24-10(2)3)9-13(11)16(12)19;13-15-16(14,11-7-3-1-4-8-11)12-9-5-2-6-10-12;1-9(2,3)13-8(12)11(10)7-5-4-6-14-7;1-9(2,3)12-8(11)10-7-5-4-6-13-7;6-4-5-2-1-3-7-5;/h8-9,12-15H,10-11H2,1-7H3;6-7,10-13H,5,8-9H2,1-4H3;8-10,19H,5-7H2,1-4H3;1-10H,13H2;4-6H,10H2,1-3H3;4-6H,1-3H3,(H,10,11);1-3H,4,6H2;1H. The van der Waals surface area contributed by atoms with Crippen molar-refractivity contribution in [2.75, 3.05) is 51.9 Å². The minimum Gasteiger partial charge on any atom is -0.507 e. The first-order chi connectivity index (χ1) is 64.1. The van der Waals surface area contributed by atoms with Gasteiger partial charge < -0.3 is 63.1 Å². The summed E-state index contributed by atoms with van der Waals surface area (Å²) < 4.78 is 75.6. The van der Waals surface area contributed by atoms with Gasteiger partial charge in [-0.3, -0.25) is 19.5 Å². The third-order valence-corrected chi connectivity index (χ3v) is 26.4. The molecule has 5 aromatic carbocycles. The van der Waals surface area contributed by atoms with Gasteiger partial charge in [0.1, 0.15) is 32.0 Å². The smallest absolute Gasteiger partial charge is 0.430 e. The van der Waals surface area contributed by atoms with Crippen molar-refractivity contribution in [2.45, 2.75) is 198 Å². The summed E-state index contributed by atoms with van der Waals surface area (Å²) in [6.07, 6.45) is 2.87. The molecule has 0 unspecified atom stereocenters. The van der Waals surface area contributed by atoms with Crippen LogP contribution in [0.1, 0.15) is 183 Å². The van der Waals surface area contributed by atoms with Gasteiger partial charge in [0.25, 0.3) is 19.1 Å². The molecule has 7 heterocycles. The van der Waals surface area contributed by atoms with Gasteiger partial charge in [0.15, 0.2) is 45.9 Å². The number of ether oxygens (including phenoxy) is 10. The van der Waals surface area contributed by atoms with Crippen LogP contribution >= 0.6 is 76.5 Å².